The smallest absolute Gasteiger partial charge is 0.256 e. The molecule has 88 heavy (non-hydrogen) atoms. The van der Waals surface area contributed by atoms with E-state index < -0.39 is 160 Å². The molecule has 11 amide bonds. The van der Waals surface area contributed by atoms with Crippen molar-refractivity contribution in [3.8, 4) is 0 Å². The lowest BCUT2D eigenvalue weighted by molar-refractivity contribution is -0.157. The van der Waals surface area contributed by atoms with E-state index >= 15 is 9.59 Å². The second kappa shape index (κ2) is 35.5. The summed E-state index contributed by atoms with van der Waals surface area (Å²) in [7, 11) is 9.73. The predicted octanol–water partition coefficient (Wildman–Crippen LogP) is 3.07. The Morgan fingerprint density at radius 3 is 1.38 bits per heavy atom. The third kappa shape index (κ3) is 22.0. The monoisotopic (exact) mass is 1260 g/mol. The highest BCUT2D eigenvalue weighted by Gasteiger charge is 2.46. The summed E-state index contributed by atoms with van der Waals surface area (Å²) in [5.41, 5.74) is -1.57. The minimum atomic E-state index is -1.65. The number of likely N-dealkylation sites (N-methyl/N-ethyl adjacent to an activating group) is 7. The number of nitrogens with one attached hydrogen (secondary N) is 4. The SMILES string of the molecule is C/C=C/C[C@@H](C)[C@@H](O)[C@H]1C(=O)N[C@@H](CC)C(=O)N(C)C(SC)C(=O)N(C)[C@@H](CC(C)(C)O)C(=O)N[C@@H](C(C)C)C(=O)N(C)[C@@H](CC(C)C)C(=O)N[C@@H](C)C(=O)N[C@H](C)C(=O)N(C)[C@@H](CC(C)C)C(=O)N(C)[C@@H](CC(C)C)C(=O)N(C)[C@@H](C(C)C)C(=O)N1C. The molecular weight excluding hydrogens is 1150 g/mol. The maximum Gasteiger partial charge on any atom is 0.256 e. The number of thioether (sulfide) groups is 1. The molecule has 1 saturated heterocycles. The van der Waals surface area contributed by atoms with Crippen molar-refractivity contribution in [3.05, 3.63) is 12.2 Å². The van der Waals surface area contributed by atoms with Crippen LogP contribution in [-0.2, 0) is 52.7 Å². The summed E-state index contributed by atoms with van der Waals surface area (Å²) < 4.78 is 0. The van der Waals surface area contributed by atoms with E-state index in [1.165, 1.54) is 96.6 Å². The highest BCUT2D eigenvalue weighted by molar-refractivity contribution is 7.99. The lowest BCUT2D eigenvalue weighted by Gasteiger charge is -2.41. The van der Waals surface area contributed by atoms with Crippen molar-refractivity contribution in [1.82, 2.24) is 55.6 Å². The number of carbonyl (C=O) groups excluding carboxylic acids is 11. The second-order valence-electron chi connectivity index (χ2n) is 26.8. The van der Waals surface area contributed by atoms with Gasteiger partial charge in [0.05, 0.1) is 11.7 Å². The molecule has 0 aromatic heterocycles. The maximum absolute atomic E-state index is 15.2. The normalized spacial score (nSPS) is 27.4. The van der Waals surface area contributed by atoms with E-state index in [2.05, 4.69) is 21.3 Å². The van der Waals surface area contributed by atoms with Crippen LogP contribution in [-0.4, -0.2) is 243 Å². The Balaban J connectivity index is 4.45. The van der Waals surface area contributed by atoms with Gasteiger partial charge in [-0.1, -0.05) is 95.2 Å². The van der Waals surface area contributed by atoms with Gasteiger partial charge < -0.3 is 65.8 Å². The molecule has 25 heteroatoms. The van der Waals surface area contributed by atoms with Crippen LogP contribution in [0.4, 0.5) is 0 Å². The molecule has 1 heterocycles. The number of hydrogen-bond donors (Lipinski definition) is 6. The van der Waals surface area contributed by atoms with Crippen LogP contribution in [0.1, 0.15) is 156 Å². The molecule has 24 nitrogen and oxygen atoms in total. The Morgan fingerprint density at radius 1 is 0.500 bits per heavy atom. The molecule has 6 N–H and O–H groups in total. The Morgan fingerprint density at radius 2 is 0.932 bits per heavy atom. The van der Waals surface area contributed by atoms with Crippen molar-refractivity contribution in [2.24, 2.45) is 35.5 Å². The number of amides is 11. The average molecular weight is 1260 g/mol. The van der Waals surface area contributed by atoms with Gasteiger partial charge >= 0.3 is 0 Å². The highest BCUT2D eigenvalue weighted by Crippen LogP contribution is 2.27. The van der Waals surface area contributed by atoms with Crippen molar-refractivity contribution in [3.63, 3.8) is 0 Å². The van der Waals surface area contributed by atoms with Crippen LogP contribution >= 0.6 is 11.8 Å². The fourth-order valence-corrected chi connectivity index (χ4v) is 11.7. The number of allylic oxidation sites excluding steroid dienone is 2. The molecule has 504 valence electrons. The lowest BCUT2D eigenvalue weighted by Crippen LogP contribution is -2.64. The largest absolute Gasteiger partial charge is 0.390 e. The third-order valence-electron chi connectivity index (χ3n) is 16.4. The van der Waals surface area contributed by atoms with Crippen LogP contribution in [0.2, 0.25) is 0 Å². The lowest BCUT2D eigenvalue weighted by atomic mass is 9.91. The van der Waals surface area contributed by atoms with E-state index in [-0.39, 0.29) is 56.3 Å². The van der Waals surface area contributed by atoms with Crippen LogP contribution in [0.25, 0.3) is 0 Å². The summed E-state index contributed by atoms with van der Waals surface area (Å²) >= 11 is 0.954. The average Bonchev–Trinajstić information content (AvgIpc) is 2.21. The Hall–Kier alpha value is -5.82. The van der Waals surface area contributed by atoms with Crippen molar-refractivity contribution < 1.29 is 63.0 Å². The van der Waals surface area contributed by atoms with E-state index in [1.807, 2.05) is 41.5 Å². The van der Waals surface area contributed by atoms with E-state index in [4.69, 9.17) is 0 Å². The topological polar surface area (TPSA) is 299 Å². The molecule has 1 unspecified atom stereocenters. The number of carbonyl (C=O) groups is 11. The minimum absolute atomic E-state index is 0.0263. The fraction of sp³-hybridized carbons (Fsp3) is 0.794. The van der Waals surface area contributed by atoms with Crippen molar-refractivity contribution >= 4 is 76.7 Å². The maximum atomic E-state index is 15.2. The van der Waals surface area contributed by atoms with Gasteiger partial charge in [0.1, 0.15) is 60.4 Å². The van der Waals surface area contributed by atoms with Gasteiger partial charge in [0.15, 0.2) is 5.37 Å². The van der Waals surface area contributed by atoms with E-state index in [1.54, 1.807) is 66.9 Å². The van der Waals surface area contributed by atoms with Gasteiger partial charge in [-0.05, 0) is 108 Å². The van der Waals surface area contributed by atoms with Gasteiger partial charge in [0.25, 0.3) is 5.91 Å². The molecule has 1 aliphatic rings. The van der Waals surface area contributed by atoms with Crippen LogP contribution in [0.15, 0.2) is 12.2 Å². The standard InChI is InChI=1S/C63H113N11O13S/c1-26-28-29-39(13)50(75)49-54(79)66-42(27-2)56(81)74(24)62(88-25)61(86)71(21)46(33-63(16,17)87)53(78)67-47(37(9)10)59(84)68(18)43(30-34(3)4)52(77)64-40(14)51(76)65-41(15)55(80)69(19)44(31-35(5)6)57(82)70(20)45(32-36(7)8)58(83)72(22)48(38(11)12)60(85)73(49)23/h26,28,34-50,62,75,87H,27,29-33H2,1-25H3,(H,64,77)(H,65,76)(H,66,79)(H,67,78)/b28-26+/t39-,40+,41-,42+,43+,44+,45+,46+,47+,48+,49+,50-,62?/m1/s1. The van der Waals surface area contributed by atoms with Crippen LogP contribution in [0, 0.1) is 35.5 Å². The van der Waals surface area contributed by atoms with E-state index in [0.717, 1.165) is 26.5 Å². The molecule has 1 fully saturated rings. The first-order valence-corrected chi connectivity index (χ1v) is 32.4. The fourth-order valence-electron chi connectivity index (χ4n) is 11.0. The van der Waals surface area contributed by atoms with E-state index in [0.29, 0.717) is 0 Å². The van der Waals surface area contributed by atoms with Crippen molar-refractivity contribution in [1.29, 1.82) is 0 Å². The first kappa shape index (κ1) is 80.2. The predicted molar refractivity (Wildman–Crippen MR) is 342 cm³/mol. The first-order chi connectivity index (χ1) is 40.5. The van der Waals surface area contributed by atoms with Crippen LogP contribution in [0.5, 0.6) is 0 Å². The summed E-state index contributed by atoms with van der Waals surface area (Å²) in [6.07, 6.45) is 3.93. The molecule has 0 radical (unpaired) electrons. The molecule has 0 saturated carbocycles. The number of aliphatic hydroxyl groups is 2. The quantitative estimate of drug-likeness (QED) is 0.121. The molecule has 0 aliphatic carbocycles. The second-order valence-corrected chi connectivity index (χ2v) is 27.7. The van der Waals surface area contributed by atoms with Gasteiger partial charge in [-0.3, -0.25) is 52.7 Å². The van der Waals surface area contributed by atoms with Crippen molar-refractivity contribution in [2.45, 2.75) is 234 Å². The Labute approximate surface area is 530 Å². The minimum Gasteiger partial charge on any atom is -0.390 e. The van der Waals surface area contributed by atoms with Gasteiger partial charge in [0, 0.05) is 55.8 Å². The van der Waals surface area contributed by atoms with E-state index in [9.17, 15) is 53.4 Å². The molecule has 0 aromatic rings. The molecule has 13 atom stereocenters. The third-order valence-corrected chi connectivity index (χ3v) is 17.4. The Bertz CT molecular complexity index is 2430. The number of nitrogens with zero attached hydrogens (tertiary/aromatic N) is 7. The van der Waals surface area contributed by atoms with Gasteiger partial charge in [-0.15, -0.1) is 11.8 Å². The molecule has 0 spiro atoms. The summed E-state index contributed by atoms with van der Waals surface area (Å²) in [6, 6.07) is -13.0. The van der Waals surface area contributed by atoms with Gasteiger partial charge in [-0.25, -0.2) is 0 Å². The zero-order valence-corrected chi connectivity index (χ0v) is 58.5. The van der Waals surface area contributed by atoms with Crippen LogP contribution < -0.4 is 21.3 Å². The Kier molecular flexibility index (Phi) is 32.4. The molecule has 0 bridgehead atoms. The molecule has 0 aromatic carbocycles. The first-order valence-electron chi connectivity index (χ1n) is 31.1. The van der Waals surface area contributed by atoms with Crippen LogP contribution in [0.3, 0.4) is 0 Å². The highest BCUT2D eigenvalue weighted by atomic mass is 32.2. The molecule has 1 rings (SSSR count). The molecule has 1 aliphatic heterocycles. The number of rotatable bonds is 16. The zero-order valence-electron chi connectivity index (χ0n) is 57.7. The summed E-state index contributed by atoms with van der Waals surface area (Å²) in [6.45, 7) is 28.8. The number of aliphatic hydroxyl groups excluding tert-OH is 1. The number of hydrogen-bond acceptors (Lipinski definition) is 14. The van der Waals surface area contributed by atoms with Crippen molar-refractivity contribution in [2.75, 3.05) is 55.6 Å². The summed E-state index contributed by atoms with van der Waals surface area (Å²) in [5, 5.41) is 32.9. The zero-order chi connectivity index (χ0) is 68.5. The summed E-state index contributed by atoms with van der Waals surface area (Å²) in [5.74, 6) is -10.3. The van der Waals surface area contributed by atoms with Gasteiger partial charge in [0.2, 0.25) is 59.1 Å². The molecular formula is C63H113N11O13S. The van der Waals surface area contributed by atoms with Gasteiger partial charge in [-0.2, -0.15) is 0 Å². The summed E-state index contributed by atoms with van der Waals surface area (Å²) in [4.78, 5) is 170.